The third-order valence-electron chi connectivity index (χ3n) is 1.50. The summed E-state index contributed by atoms with van der Waals surface area (Å²) < 4.78 is 10.1. The summed E-state index contributed by atoms with van der Waals surface area (Å²) in [6.07, 6.45) is 1.57. The standard InChI is InChI=1S/C9H9BrO4S/c1-3-4-14-9-5(10)6(11)7(15-9)8(12)13-2/h3,11H,1,4H2,2H3. The van der Waals surface area contributed by atoms with Crippen molar-refractivity contribution in [1.29, 1.82) is 0 Å². The van der Waals surface area contributed by atoms with Gasteiger partial charge >= 0.3 is 5.97 Å². The number of hydrogen-bond donors (Lipinski definition) is 1. The van der Waals surface area contributed by atoms with Crippen LogP contribution in [0.3, 0.4) is 0 Å². The van der Waals surface area contributed by atoms with Gasteiger partial charge in [0.1, 0.15) is 11.1 Å². The average Bonchev–Trinajstić information content (AvgIpc) is 2.53. The van der Waals surface area contributed by atoms with E-state index in [0.717, 1.165) is 11.3 Å². The smallest absolute Gasteiger partial charge is 0.352 e. The van der Waals surface area contributed by atoms with E-state index in [1.807, 2.05) is 0 Å². The van der Waals surface area contributed by atoms with Gasteiger partial charge in [-0.25, -0.2) is 4.79 Å². The van der Waals surface area contributed by atoms with Crippen molar-refractivity contribution in [2.75, 3.05) is 13.7 Å². The molecule has 1 N–H and O–H groups in total. The van der Waals surface area contributed by atoms with Crippen LogP contribution in [0.5, 0.6) is 10.8 Å². The molecule has 0 saturated heterocycles. The minimum absolute atomic E-state index is 0.114. The summed E-state index contributed by atoms with van der Waals surface area (Å²) >= 11 is 4.14. The van der Waals surface area contributed by atoms with Crippen LogP contribution in [0.4, 0.5) is 0 Å². The van der Waals surface area contributed by atoms with Gasteiger partial charge in [-0.3, -0.25) is 0 Å². The molecule has 0 aliphatic heterocycles. The second-order valence-corrected chi connectivity index (χ2v) is 4.25. The van der Waals surface area contributed by atoms with Crippen LogP contribution in [0.15, 0.2) is 17.1 Å². The number of aromatic hydroxyl groups is 1. The van der Waals surface area contributed by atoms with Gasteiger partial charge in [-0.05, 0) is 15.9 Å². The van der Waals surface area contributed by atoms with E-state index in [1.165, 1.54) is 7.11 Å². The monoisotopic (exact) mass is 292 g/mol. The molecular weight excluding hydrogens is 284 g/mol. The predicted octanol–water partition coefficient (Wildman–Crippen LogP) is 2.57. The van der Waals surface area contributed by atoms with E-state index in [1.54, 1.807) is 6.08 Å². The highest BCUT2D eigenvalue weighted by molar-refractivity contribution is 9.10. The summed E-state index contributed by atoms with van der Waals surface area (Å²) in [4.78, 5) is 11.3. The molecule has 0 aliphatic carbocycles. The number of ether oxygens (including phenoxy) is 2. The van der Waals surface area contributed by atoms with Crippen molar-refractivity contribution >= 4 is 33.2 Å². The fourth-order valence-corrected chi connectivity index (χ4v) is 2.39. The Kier molecular flexibility index (Phi) is 4.16. The number of thiophene rings is 1. The van der Waals surface area contributed by atoms with E-state index in [9.17, 15) is 9.90 Å². The van der Waals surface area contributed by atoms with Crippen LogP contribution in [-0.2, 0) is 4.74 Å². The van der Waals surface area contributed by atoms with Gasteiger partial charge in [0.05, 0.1) is 7.11 Å². The fraction of sp³-hybridized carbons (Fsp3) is 0.222. The highest BCUT2D eigenvalue weighted by Gasteiger charge is 2.22. The zero-order chi connectivity index (χ0) is 11.4. The van der Waals surface area contributed by atoms with E-state index in [2.05, 4.69) is 27.2 Å². The van der Waals surface area contributed by atoms with Crippen molar-refractivity contribution < 1.29 is 19.4 Å². The number of esters is 1. The van der Waals surface area contributed by atoms with E-state index in [0.29, 0.717) is 16.1 Å². The van der Waals surface area contributed by atoms with Crippen LogP contribution < -0.4 is 4.74 Å². The van der Waals surface area contributed by atoms with Crippen molar-refractivity contribution in [3.05, 3.63) is 22.0 Å². The molecule has 0 spiro atoms. The molecule has 1 rings (SSSR count). The lowest BCUT2D eigenvalue weighted by molar-refractivity contribution is 0.0603. The highest BCUT2D eigenvalue weighted by Crippen LogP contribution is 2.44. The molecular formula is C9H9BrO4S. The molecule has 0 radical (unpaired) electrons. The zero-order valence-corrected chi connectivity index (χ0v) is 10.4. The van der Waals surface area contributed by atoms with E-state index < -0.39 is 5.97 Å². The first-order valence-electron chi connectivity index (χ1n) is 3.95. The van der Waals surface area contributed by atoms with Crippen molar-refractivity contribution in [3.8, 4) is 10.8 Å². The topological polar surface area (TPSA) is 55.8 Å². The number of carbonyl (C=O) groups is 1. The van der Waals surface area contributed by atoms with Crippen LogP contribution >= 0.6 is 27.3 Å². The molecule has 0 bridgehead atoms. The predicted molar refractivity (Wildman–Crippen MR) is 60.7 cm³/mol. The first-order valence-corrected chi connectivity index (χ1v) is 5.56. The van der Waals surface area contributed by atoms with E-state index in [-0.39, 0.29) is 10.6 Å². The van der Waals surface area contributed by atoms with Crippen molar-refractivity contribution in [1.82, 2.24) is 0 Å². The minimum Gasteiger partial charge on any atom is -0.505 e. The lowest BCUT2D eigenvalue weighted by Crippen LogP contribution is -1.97. The number of methoxy groups -OCH3 is 1. The largest absolute Gasteiger partial charge is 0.505 e. The maximum absolute atomic E-state index is 11.2. The molecule has 0 aliphatic rings. The SMILES string of the molecule is C=CCOc1sc(C(=O)OC)c(O)c1Br. The number of rotatable bonds is 4. The van der Waals surface area contributed by atoms with Crippen molar-refractivity contribution in [3.63, 3.8) is 0 Å². The molecule has 0 amide bonds. The number of hydrogen-bond acceptors (Lipinski definition) is 5. The summed E-state index contributed by atoms with van der Waals surface area (Å²) in [5.74, 6) is -0.752. The van der Waals surface area contributed by atoms with Gasteiger partial charge in [0, 0.05) is 0 Å². The summed E-state index contributed by atoms with van der Waals surface area (Å²) in [6.45, 7) is 3.80. The molecule has 0 fully saturated rings. The number of halogens is 1. The molecule has 1 aromatic heterocycles. The van der Waals surface area contributed by atoms with Crippen LogP contribution in [-0.4, -0.2) is 24.8 Å². The lowest BCUT2D eigenvalue weighted by atomic mass is 10.4. The average molecular weight is 293 g/mol. The Morgan fingerprint density at radius 1 is 1.73 bits per heavy atom. The molecule has 82 valence electrons. The summed E-state index contributed by atoms with van der Waals surface area (Å²) in [6, 6.07) is 0. The molecule has 0 atom stereocenters. The Bertz CT molecular complexity index is 386. The van der Waals surface area contributed by atoms with E-state index in [4.69, 9.17) is 4.74 Å². The van der Waals surface area contributed by atoms with Gasteiger partial charge < -0.3 is 14.6 Å². The van der Waals surface area contributed by atoms with Crippen LogP contribution in [0, 0.1) is 0 Å². The van der Waals surface area contributed by atoms with Gasteiger partial charge in [0.2, 0.25) is 0 Å². The minimum atomic E-state index is -0.591. The molecule has 1 heterocycles. The second-order valence-electron chi connectivity index (χ2n) is 2.47. The summed E-state index contributed by atoms with van der Waals surface area (Å²) in [5.41, 5.74) is 0. The van der Waals surface area contributed by atoms with Gasteiger partial charge in [-0.2, -0.15) is 0 Å². The first kappa shape index (κ1) is 12.1. The van der Waals surface area contributed by atoms with Gasteiger partial charge in [0.15, 0.2) is 15.7 Å². The van der Waals surface area contributed by atoms with E-state index >= 15 is 0 Å². The lowest BCUT2D eigenvalue weighted by Gasteiger charge is -1.98. The van der Waals surface area contributed by atoms with Crippen molar-refractivity contribution in [2.24, 2.45) is 0 Å². The van der Waals surface area contributed by atoms with Crippen LogP contribution in [0.2, 0.25) is 0 Å². The Hall–Kier alpha value is -1.01. The highest BCUT2D eigenvalue weighted by atomic mass is 79.9. The van der Waals surface area contributed by atoms with Gasteiger partial charge in [-0.1, -0.05) is 24.0 Å². The van der Waals surface area contributed by atoms with Gasteiger partial charge in [0.25, 0.3) is 0 Å². The van der Waals surface area contributed by atoms with Crippen LogP contribution in [0.25, 0.3) is 0 Å². The maximum atomic E-state index is 11.2. The first-order chi connectivity index (χ1) is 7.11. The van der Waals surface area contributed by atoms with Gasteiger partial charge in [-0.15, -0.1) is 0 Å². The molecule has 4 nitrogen and oxygen atoms in total. The molecule has 0 aromatic carbocycles. The summed E-state index contributed by atoms with van der Waals surface area (Å²) in [5, 5.41) is 10.0. The quantitative estimate of drug-likeness (QED) is 0.684. The Morgan fingerprint density at radius 3 is 2.93 bits per heavy atom. The Balaban J connectivity index is 3.00. The van der Waals surface area contributed by atoms with Crippen LogP contribution in [0.1, 0.15) is 9.67 Å². The number of carbonyl (C=O) groups excluding carboxylic acids is 1. The maximum Gasteiger partial charge on any atom is 0.352 e. The molecule has 1 aromatic rings. The Morgan fingerprint density at radius 2 is 2.40 bits per heavy atom. The molecule has 6 heteroatoms. The third-order valence-corrected chi connectivity index (χ3v) is 3.57. The zero-order valence-electron chi connectivity index (χ0n) is 7.95. The van der Waals surface area contributed by atoms with Crippen molar-refractivity contribution in [2.45, 2.75) is 0 Å². The molecule has 0 unspecified atom stereocenters. The molecule has 15 heavy (non-hydrogen) atoms. The fourth-order valence-electron chi connectivity index (χ4n) is 0.841. The normalized spacial score (nSPS) is 9.73. The second kappa shape index (κ2) is 5.18. The third kappa shape index (κ3) is 2.51. The summed E-state index contributed by atoms with van der Waals surface area (Å²) in [7, 11) is 1.25. The molecule has 0 saturated carbocycles. The Labute approximate surface area is 99.3 Å².